The maximum absolute atomic E-state index is 13.0. The van der Waals surface area contributed by atoms with Crippen LogP contribution >= 0.6 is 23.4 Å². The first-order valence-corrected chi connectivity index (χ1v) is 12.0. The van der Waals surface area contributed by atoms with Gasteiger partial charge in [0.15, 0.2) is 0 Å². The molecule has 1 aromatic rings. The van der Waals surface area contributed by atoms with Crippen LogP contribution in [0.25, 0.3) is 0 Å². The summed E-state index contributed by atoms with van der Waals surface area (Å²) in [5.74, 6) is 1.12. The van der Waals surface area contributed by atoms with E-state index in [0.717, 1.165) is 12.2 Å². The Kier molecular flexibility index (Phi) is 6.22. The largest absolute Gasteiger partial charge is 0.323 e. The lowest BCUT2D eigenvalue weighted by Gasteiger charge is -2.43. The number of thioether (sulfide) groups is 1. The lowest BCUT2D eigenvalue weighted by atomic mass is 10.0. The molecule has 2 aliphatic heterocycles. The predicted molar refractivity (Wildman–Crippen MR) is 107 cm³/mol. The molecule has 0 radical (unpaired) electrons. The lowest BCUT2D eigenvalue weighted by Crippen LogP contribution is -2.53. The van der Waals surface area contributed by atoms with Gasteiger partial charge >= 0.3 is 0 Å². The van der Waals surface area contributed by atoms with Gasteiger partial charge in [0.25, 0.3) is 5.91 Å². The monoisotopic (exact) mass is 416 g/mol. The fraction of sp³-hybridized carbons (Fsp3) is 0.611. The normalized spacial score (nSPS) is 20.6. The van der Waals surface area contributed by atoms with Crippen LogP contribution in [0.2, 0.25) is 5.02 Å². The minimum atomic E-state index is -3.18. The Balaban J connectivity index is 1.70. The molecule has 3 rings (SSSR count). The molecule has 8 heteroatoms. The van der Waals surface area contributed by atoms with Crippen LogP contribution in [-0.4, -0.2) is 59.5 Å². The number of halogens is 1. The Labute approximate surface area is 165 Å². The minimum Gasteiger partial charge on any atom is -0.323 e. The molecule has 2 saturated heterocycles. The Bertz CT molecular complexity index is 744. The fourth-order valence-electron chi connectivity index (χ4n) is 3.63. The fourth-order valence-corrected chi connectivity index (χ4v) is 6.86. The molecule has 0 bridgehead atoms. The molecule has 0 aromatic heterocycles. The molecule has 0 aliphatic carbocycles. The van der Waals surface area contributed by atoms with Crippen LogP contribution in [0.15, 0.2) is 24.3 Å². The highest BCUT2D eigenvalue weighted by molar-refractivity contribution is 8.00. The summed E-state index contributed by atoms with van der Waals surface area (Å²) < 4.78 is 26.5. The number of rotatable bonds is 5. The smallest absolute Gasteiger partial charge is 0.254 e. The van der Waals surface area contributed by atoms with Crippen molar-refractivity contribution in [2.45, 2.75) is 37.5 Å². The zero-order valence-corrected chi connectivity index (χ0v) is 17.4. The van der Waals surface area contributed by atoms with Crippen molar-refractivity contribution in [1.29, 1.82) is 0 Å². The molecule has 144 valence electrons. The Hall–Kier alpha value is -0.760. The number of carbonyl (C=O) groups is 1. The van der Waals surface area contributed by atoms with Gasteiger partial charge in [-0.25, -0.2) is 12.7 Å². The van der Waals surface area contributed by atoms with Gasteiger partial charge in [-0.2, -0.15) is 0 Å². The van der Waals surface area contributed by atoms with Gasteiger partial charge < -0.3 is 4.90 Å². The maximum atomic E-state index is 13.0. The number of hydrogen-bond donors (Lipinski definition) is 0. The first kappa shape index (κ1) is 20.0. The molecule has 2 fully saturated rings. The summed E-state index contributed by atoms with van der Waals surface area (Å²) in [4.78, 5) is 14.6. The van der Waals surface area contributed by atoms with Crippen molar-refractivity contribution in [1.82, 2.24) is 9.21 Å². The van der Waals surface area contributed by atoms with Crippen molar-refractivity contribution in [3.8, 4) is 0 Å². The number of sulfonamides is 1. The number of hydrogen-bond acceptors (Lipinski definition) is 4. The summed E-state index contributed by atoms with van der Waals surface area (Å²) in [6.07, 6.45) is 2.93. The topological polar surface area (TPSA) is 57.7 Å². The number of unbranched alkanes of at least 4 members (excludes halogenated alkanes) is 1. The van der Waals surface area contributed by atoms with Crippen LogP contribution in [0.4, 0.5) is 0 Å². The van der Waals surface area contributed by atoms with E-state index in [-0.39, 0.29) is 16.5 Å². The molecule has 1 amide bonds. The van der Waals surface area contributed by atoms with Crippen LogP contribution in [0.1, 0.15) is 43.0 Å². The van der Waals surface area contributed by atoms with Gasteiger partial charge in [-0.05, 0) is 43.5 Å². The molecule has 0 atom stereocenters. The molecule has 2 aliphatic rings. The highest BCUT2D eigenvalue weighted by Gasteiger charge is 2.47. The molecule has 2 heterocycles. The van der Waals surface area contributed by atoms with Crippen LogP contribution in [-0.2, 0) is 10.0 Å². The first-order valence-electron chi connectivity index (χ1n) is 9.07. The molecular weight excluding hydrogens is 392 g/mol. The minimum absolute atomic E-state index is 0.00829. The number of benzene rings is 1. The van der Waals surface area contributed by atoms with Gasteiger partial charge in [0.1, 0.15) is 0 Å². The van der Waals surface area contributed by atoms with Gasteiger partial charge in [-0.1, -0.05) is 24.9 Å². The Morgan fingerprint density at radius 3 is 2.46 bits per heavy atom. The van der Waals surface area contributed by atoms with Crippen LogP contribution in [0, 0.1) is 0 Å². The van der Waals surface area contributed by atoms with Crippen LogP contribution in [0.3, 0.4) is 0 Å². The highest BCUT2D eigenvalue weighted by atomic mass is 35.5. The molecule has 0 N–H and O–H groups in total. The van der Waals surface area contributed by atoms with Gasteiger partial charge in [-0.15, -0.1) is 11.8 Å². The van der Waals surface area contributed by atoms with Crippen LogP contribution < -0.4 is 0 Å². The predicted octanol–water partition coefficient (Wildman–Crippen LogP) is 3.45. The van der Waals surface area contributed by atoms with Crippen molar-refractivity contribution in [3.05, 3.63) is 34.9 Å². The van der Waals surface area contributed by atoms with Crippen molar-refractivity contribution < 1.29 is 13.2 Å². The van der Waals surface area contributed by atoms with E-state index in [1.807, 2.05) is 11.8 Å². The van der Waals surface area contributed by atoms with E-state index in [2.05, 4.69) is 0 Å². The second-order valence-electron chi connectivity index (χ2n) is 6.83. The zero-order chi connectivity index (χ0) is 18.8. The molecule has 5 nitrogen and oxygen atoms in total. The van der Waals surface area contributed by atoms with Crippen LogP contribution in [0.5, 0.6) is 0 Å². The standard InChI is InChI=1S/C18H25ClN2O3S2/c1-2-3-14-26(23,24)20-10-8-18(9-11-20)21(12-13-25-18)17(22)15-4-6-16(19)7-5-15/h4-7H,2-3,8-14H2,1H3. The van der Waals surface area contributed by atoms with E-state index in [0.29, 0.717) is 49.5 Å². The van der Waals surface area contributed by atoms with E-state index >= 15 is 0 Å². The van der Waals surface area contributed by atoms with Crippen molar-refractivity contribution in [2.24, 2.45) is 0 Å². The Morgan fingerprint density at radius 2 is 1.85 bits per heavy atom. The number of nitrogens with zero attached hydrogens (tertiary/aromatic N) is 2. The van der Waals surface area contributed by atoms with Crippen molar-refractivity contribution in [3.63, 3.8) is 0 Å². The quantitative estimate of drug-likeness (QED) is 0.737. The van der Waals surface area contributed by atoms with E-state index in [4.69, 9.17) is 11.6 Å². The zero-order valence-electron chi connectivity index (χ0n) is 15.0. The van der Waals surface area contributed by atoms with Gasteiger partial charge in [0, 0.05) is 36.0 Å². The summed E-state index contributed by atoms with van der Waals surface area (Å²) >= 11 is 7.71. The van der Waals surface area contributed by atoms with E-state index in [1.54, 1.807) is 40.3 Å². The number of amides is 1. The third-order valence-electron chi connectivity index (χ3n) is 5.17. The molecule has 0 saturated carbocycles. The summed E-state index contributed by atoms with van der Waals surface area (Å²) in [6, 6.07) is 6.97. The molecule has 26 heavy (non-hydrogen) atoms. The molecule has 1 spiro atoms. The Morgan fingerprint density at radius 1 is 1.19 bits per heavy atom. The van der Waals surface area contributed by atoms with Gasteiger partial charge in [-0.3, -0.25) is 4.79 Å². The number of carbonyl (C=O) groups excluding carboxylic acids is 1. The second kappa shape index (κ2) is 8.09. The summed E-state index contributed by atoms with van der Waals surface area (Å²) in [7, 11) is -3.18. The number of piperidine rings is 1. The second-order valence-corrected chi connectivity index (χ2v) is 10.8. The van der Waals surface area contributed by atoms with E-state index < -0.39 is 10.0 Å². The third-order valence-corrected chi connectivity index (χ3v) is 8.93. The van der Waals surface area contributed by atoms with Crippen molar-refractivity contribution >= 4 is 39.3 Å². The highest BCUT2D eigenvalue weighted by Crippen LogP contribution is 2.45. The first-order chi connectivity index (χ1) is 12.4. The molecule has 1 aromatic carbocycles. The van der Waals surface area contributed by atoms with Gasteiger partial charge in [0.2, 0.25) is 10.0 Å². The third kappa shape index (κ3) is 4.06. The molecule has 0 unspecified atom stereocenters. The summed E-state index contributed by atoms with van der Waals surface area (Å²) in [5.41, 5.74) is 0.634. The summed E-state index contributed by atoms with van der Waals surface area (Å²) in [6.45, 7) is 3.68. The van der Waals surface area contributed by atoms with E-state index in [1.165, 1.54) is 0 Å². The lowest BCUT2D eigenvalue weighted by molar-refractivity contribution is 0.0605. The maximum Gasteiger partial charge on any atom is 0.254 e. The average Bonchev–Trinajstić information content (AvgIpc) is 3.03. The molecular formula is C18H25ClN2O3S2. The SMILES string of the molecule is CCCCS(=O)(=O)N1CCC2(CC1)SCCN2C(=O)c1ccc(Cl)cc1. The summed E-state index contributed by atoms with van der Waals surface area (Å²) in [5, 5.41) is 0.609. The van der Waals surface area contributed by atoms with Gasteiger partial charge in [0.05, 0.1) is 10.6 Å². The van der Waals surface area contributed by atoms with E-state index in [9.17, 15) is 13.2 Å². The van der Waals surface area contributed by atoms with Crippen molar-refractivity contribution in [2.75, 3.05) is 31.1 Å². The average molecular weight is 417 g/mol.